The minimum atomic E-state index is -3.96. The number of esters is 1. The first-order chi connectivity index (χ1) is 8.75. The summed E-state index contributed by atoms with van der Waals surface area (Å²) in [6.07, 6.45) is 0.664. The molecular weight excluding hydrogens is 268 g/mol. The van der Waals surface area contributed by atoms with E-state index in [0.717, 1.165) is 12.1 Å². The molecule has 1 aromatic carbocycles. The van der Waals surface area contributed by atoms with E-state index in [-0.39, 0.29) is 10.5 Å². The van der Waals surface area contributed by atoms with Gasteiger partial charge in [0.1, 0.15) is 0 Å². The first kappa shape index (κ1) is 15.6. The minimum absolute atomic E-state index is 0.0430. The Labute approximate surface area is 113 Å². The number of primary sulfonamides is 1. The SMILES string of the molecule is COC(=O)c1ccc(CCN(C)C)cc1S(N)(=O)=O. The number of rotatable bonds is 5. The van der Waals surface area contributed by atoms with Crippen LogP contribution in [-0.4, -0.2) is 47.0 Å². The third-order valence-corrected chi connectivity index (χ3v) is 3.56. The van der Waals surface area contributed by atoms with Gasteiger partial charge in [-0.15, -0.1) is 0 Å². The van der Waals surface area contributed by atoms with Crippen molar-refractivity contribution >= 4 is 16.0 Å². The Balaban J connectivity index is 3.20. The van der Waals surface area contributed by atoms with Crippen LogP contribution < -0.4 is 5.14 Å². The molecule has 0 fully saturated rings. The number of methoxy groups -OCH3 is 1. The molecule has 2 N–H and O–H groups in total. The first-order valence-electron chi connectivity index (χ1n) is 5.64. The summed E-state index contributed by atoms with van der Waals surface area (Å²) in [6, 6.07) is 4.55. The summed E-state index contributed by atoms with van der Waals surface area (Å²) < 4.78 is 27.6. The van der Waals surface area contributed by atoms with Crippen LogP contribution in [0.15, 0.2) is 23.1 Å². The van der Waals surface area contributed by atoms with Gasteiger partial charge in [-0.2, -0.15) is 0 Å². The predicted octanol–water partition coefficient (Wildman–Crippen LogP) is 0.225. The van der Waals surface area contributed by atoms with Gasteiger partial charge in [0.05, 0.1) is 17.6 Å². The van der Waals surface area contributed by atoms with Gasteiger partial charge in [0.15, 0.2) is 0 Å². The van der Waals surface area contributed by atoms with Crippen LogP contribution in [0, 0.1) is 0 Å². The van der Waals surface area contributed by atoms with Crippen LogP contribution >= 0.6 is 0 Å². The molecule has 0 aromatic heterocycles. The maximum Gasteiger partial charge on any atom is 0.339 e. The second-order valence-electron chi connectivity index (χ2n) is 4.42. The topological polar surface area (TPSA) is 89.7 Å². The molecule has 19 heavy (non-hydrogen) atoms. The third-order valence-electron chi connectivity index (χ3n) is 2.61. The molecule has 6 nitrogen and oxygen atoms in total. The minimum Gasteiger partial charge on any atom is -0.465 e. The molecule has 0 aliphatic carbocycles. The van der Waals surface area contributed by atoms with E-state index < -0.39 is 16.0 Å². The molecule has 0 bridgehead atoms. The van der Waals surface area contributed by atoms with Gasteiger partial charge >= 0.3 is 5.97 Å². The van der Waals surface area contributed by atoms with Crippen molar-refractivity contribution in [3.63, 3.8) is 0 Å². The molecule has 0 amide bonds. The van der Waals surface area contributed by atoms with Crippen molar-refractivity contribution in [3.8, 4) is 0 Å². The lowest BCUT2D eigenvalue weighted by atomic mass is 10.1. The monoisotopic (exact) mass is 286 g/mol. The third kappa shape index (κ3) is 4.30. The van der Waals surface area contributed by atoms with E-state index in [1.165, 1.54) is 19.2 Å². The standard InChI is InChI=1S/C12H18N2O4S/c1-14(2)7-6-9-4-5-10(12(15)18-3)11(8-9)19(13,16)17/h4-5,8H,6-7H2,1-3H3,(H2,13,16,17). The molecule has 0 radical (unpaired) electrons. The van der Waals surface area contributed by atoms with Crippen LogP contribution in [0.5, 0.6) is 0 Å². The van der Waals surface area contributed by atoms with Gasteiger partial charge in [0.2, 0.25) is 10.0 Å². The number of nitrogens with zero attached hydrogens (tertiary/aromatic N) is 1. The van der Waals surface area contributed by atoms with Gasteiger partial charge < -0.3 is 9.64 Å². The lowest BCUT2D eigenvalue weighted by Gasteiger charge is -2.11. The second-order valence-corrected chi connectivity index (χ2v) is 5.95. The Hall–Kier alpha value is -1.44. The fourth-order valence-corrected chi connectivity index (χ4v) is 2.36. The number of carbonyl (C=O) groups excluding carboxylic acids is 1. The lowest BCUT2D eigenvalue weighted by Crippen LogP contribution is -2.19. The van der Waals surface area contributed by atoms with E-state index in [4.69, 9.17) is 5.14 Å². The van der Waals surface area contributed by atoms with E-state index in [1.807, 2.05) is 19.0 Å². The van der Waals surface area contributed by atoms with Crippen molar-refractivity contribution in [1.29, 1.82) is 0 Å². The Morgan fingerprint density at radius 3 is 2.47 bits per heavy atom. The zero-order valence-corrected chi connectivity index (χ0v) is 12.0. The molecule has 106 valence electrons. The largest absolute Gasteiger partial charge is 0.465 e. The first-order valence-corrected chi connectivity index (χ1v) is 7.19. The smallest absolute Gasteiger partial charge is 0.339 e. The van der Waals surface area contributed by atoms with Crippen molar-refractivity contribution in [1.82, 2.24) is 4.90 Å². The van der Waals surface area contributed by atoms with Crippen molar-refractivity contribution < 1.29 is 17.9 Å². The van der Waals surface area contributed by atoms with E-state index in [1.54, 1.807) is 6.07 Å². The van der Waals surface area contributed by atoms with E-state index in [0.29, 0.717) is 6.42 Å². The van der Waals surface area contributed by atoms with E-state index >= 15 is 0 Å². The van der Waals surface area contributed by atoms with E-state index in [9.17, 15) is 13.2 Å². The molecule has 0 heterocycles. The number of ether oxygens (including phenoxy) is 1. The summed E-state index contributed by atoms with van der Waals surface area (Å²) in [5.41, 5.74) is 0.754. The van der Waals surface area contributed by atoms with Gasteiger partial charge in [0.25, 0.3) is 0 Å². The molecule has 1 aromatic rings. The molecule has 0 aliphatic heterocycles. The summed E-state index contributed by atoms with van der Waals surface area (Å²) >= 11 is 0. The highest BCUT2D eigenvalue weighted by atomic mass is 32.2. The number of hydrogen-bond acceptors (Lipinski definition) is 5. The molecule has 0 saturated carbocycles. The average molecular weight is 286 g/mol. The molecule has 0 atom stereocenters. The summed E-state index contributed by atoms with van der Waals surface area (Å²) in [5.74, 6) is -0.719. The van der Waals surface area contributed by atoms with Gasteiger partial charge in [0, 0.05) is 6.54 Å². The second kappa shape index (κ2) is 6.14. The number of hydrogen-bond donors (Lipinski definition) is 1. The summed E-state index contributed by atoms with van der Waals surface area (Å²) in [4.78, 5) is 13.3. The van der Waals surface area contributed by atoms with Crippen LogP contribution in [0.3, 0.4) is 0 Å². The number of sulfonamides is 1. The highest BCUT2D eigenvalue weighted by Gasteiger charge is 2.20. The van der Waals surface area contributed by atoms with Crippen molar-refractivity contribution in [3.05, 3.63) is 29.3 Å². The molecule has 1 rings (SSSR count). The maximum absolute atomic E-state index is 11.5. The molecule has 7 heteroatoms. The van der Waals surface area contributed by atoms with Crippen LogP contribution in [0.2, 0.25) is 0 Å². The highest BCUT2D eigenvalue weighted by molar-refractivity contribution is 7.89. The lowest BCUT2D eigenvalue weighted by molar-refractivity contribution is 0.0596. The zero-order chi connectivity index (χ0) is 14.6. The van der Waals surface area contributed by atoms with E-state index in [2.05, 4.69) is 4.74 Å². The summed E-state index contributed by atoms with van der Waals surface area (Å²) in [5, 5.41) is 5.13. The Kier molecular flexibility index (Phi) is 5.04. The molecule has 0 saturated heterocycles. The number of carbonyl (C=O) groups is 1. The van der Waals surface area contributed by atoms with Gasteiger partial charge in [-0.3, -0.25) is 0 Å². The summed E-state index contributed by atoms with van der Waals surface area (Å²) in [7, 11) is 1.07. The quantitative estimate of drug-likeness (QED) is 0.782. The van der Waals surface area contributed by atoms with Crippen molar-refractivity contribution in [2.45, 2.75) is 11.3 Å². The average Bonchev–Trinajstić information content (AvgIpc) is 2.34. The Morgan fingerprint density at radius 1 is 1.37 bits per heavy atom. The molecule has 0 unspecified atom stereocenters. The maximum atomic E-state index is 11.5. The van der Waals surface area contributed by atoms with Crippen LogP contribution in [0.4, 0.5) is 0 Å². The molecule has 0 spiro atoms. The number of benzene rings is 1. The van der Waals surface area contributed by atoms with Crippen molar-refractivity contribution in [2.24, 2.45) is 5.14 Å². The Bertz CT molecular complexity index is 567. The van der Waals surface area contributed by atoms with Crippen LogP contribution in [-0.2, 0) is 21.2 Å². The summed E-state index contributed by atoms with van der Waals surface area (Å²) in [6.45, 7) is 0.766. The normalized spacial score (nSPS) is 11.6. The van der Waals surface area contributed by atoms with Crippen molar-refractivity contribution in [2.75, 3.05) is 27.7 Å². The van der Waals surface area contributed by atoms with Crippen LogP contribution in [0.1, 0.15) is 15.9 Å². The fourth-order valence-electron chi connectivity index (χ4n) is 1.59. The Morgan fingerprint density at radius 2 is 2.00 bits per heavy atom. The number of likely N-dealkylation sites (N-methyl/N-ethyl adjacent to an activating group) is 1. The zero-order valence-electron chi connectivity index (χ0n) is 11.2. The van der Waals surface area contributed by atoms with Gasteiger partial charge in [-0.05, 0) is 38.2 Å². The molecular formula is C12H18N2O4S. The van der Waals surface area contributed by atoms with Gasteiger partial charge in [-0.25, -0.2) is 18.4 Å². The van der Waals surface area contributed by atoms with Crippen LogP contribution in [0.25, 0.3) is 0 Å². The highest BCUT2D eigenvalue weighted by Crippen LogP contribution is 2.18. The number of nitrogens with two attached hydrogens (primary N) is 1. The van der Waals surface area contributed by atoms with Gasteiger partial charge in [-0.1, -0.05) is 6.07 Å². The predicted molar refractivity (Wildman–Crippen MR) is 71.4 cm³/mol. The molecule has 0 aliphatic rings. The fraction of sp³-hybridized carbons (Fsp3) is 0.417.